The smallest absolute Gasteiger partial charge is 0.125 e. The molecule has 4 nitrogen and oxygen atoms in total. The van der Waals surface area contributed by atoms with E-state index in [4.69, 9.17) is 4.74 Å². The average Bonchev–Trinajstić information content (AvgIpc) is 3.02. The van der Waals surface area contributed by atoms with Gasteiger partial charge >= 0.3 is 0 Å². The molecule has 1 N–H and O–H groups in total. The van der Waals surface area contributed by atoms with Gasteiger partial charge in [-0.15, -0.1) is 0 Å². The summed E-state index contributed by atoms with van der Waals surface area (Å²) in [5, 5.41) is 3.40. The normalized spacial score (nSPS) is 17.9. The van der Waals surface area contributed by atoms with E-state index in [9.17, 15) is 0 Å². The number of hydrogen-bond donors (Lipinski definition) is 1. The predicted molar refractivity (Wildman–Crippen MR) is 82.8 cm³/mol. The second-order valence-corrected chi connectivity index (χ2v) is 5.55. The zero-order valence-corrected chi connectivity index (χ0v) is 12.6. The third-order valence-electron chi connectivity index (χ3n) is 3.93. The van der Waals surface area contributed by atoms with Crippen LogP contribution in [0.5, 0.6) is 5.75 Å². The van der Waals surface area contributed by atoms with Crippen LogP contribution in [0.3, 0.4) is 0 Å². The Morgan fingerprint density at radius 1 is 1.24 bits per heavy atom. The predicted octanol–water partition coefficient (Wildman–Crippen LogP) is 2.46. The Morgan fingerprint density at radius 2 is 2.05 bits per heavy atom. The SMILES string of the molecule is COc1ccc(Cc2cc([C@H]3CCNC3)nc(C)n2)cc1. The van der Waals surface area contributed by atoms with Crippen LogP contribution in [0.2, 0.25) is 0 Å². The number of aromatic nitrogens is 2. The molecule has 1 saturated heterocycles. The van der Waals surface area contributed by atoms with Gasteiger partial charge in [-0.3, -0.25) is 0 Å². The van der Waals surface area contributed by atoms with Crippen LogP contribution in [0.25, 0.3) is 0 Å². The monoisotopic (exact) mass is 283 g/mol. The van der Waals surface area contributed by atoms with E-state index >= 15 is 0 Å². The van der Waals surface area contributed by atoms with Crippen LogP contribution >= 0.6 is 0 Å². The first-order valence-corrected chi connectivity index (χ1v) is 7.42. The Hall–Kier alpha value is -1.94. The quantitative estimate of drug-likeness (QED) is 0.936. The minimum Gasteiger partial charge on any atom is -0.497 e. The molecule has 1 aliphatic heterocycles. The van der Waals surface area contributed by atoms with Crippen molar-refractivity contribution in [1.29, 1.82) is 0 Å². The van der Waals surface area contributed by atoms with Crippen molar-refractivity contribution in [3.8, 4) is 5.75 Å². The largest absolute Gasteiger partial charge is 0.497 e. The third-order valence-corrected chi connectivity index (χ3v) is 3.93. The van der Waals surface area contributed by atoms with Gasteiger partial charge in [-0.25, -0.2) is 9.97 Å². The second-order valence-electron chi connectivity index (χ2n) is 5.55. The molecule has 0 radical (unpaired) electrons. The molecule has 4 heteroatoms. The lowest BCUT2D eigenvalue weighted by Crippen LogP contribution is -2.10. The number of nitrogens with one attached hydrogen (secondary N) is 1. The first-order valence-electron chi connectivity index (χ1n) is 7.42. The summed E-state index contributed by atoms with van der Waals surface area (Å²) >= 11 is 0. The van der Waals surface area contributed by atoms with Crippen molar-refractivity contribution in [2.75, 3.05) is 20.2 Å². The molecule has 110 valence electrons. The van der Waals surface area contributed by atoms with Gasteiger partial charge in [0.05, 0.1) is 7.11 Å². The molecule has 21 heavy (non-hydrogen) atoms. The molecule has 0 spiro atoms. The lowest BCUT2D eigenvalue weighted by molar-refractivity contribution is 0.414. The Morgan fingerprint density at radius 3 is 2.71 bits per heavy atom. The minimum absolute atomic E-state index is 0.529. The van der Waals surface area contributed by atoms with Gasteiger partial charge in [0.2, 0.25) is 0 Å². The summed E-state index contributed by atoms with van der Waals surface area (Å²) in [7, 11) is 1.69. The zero-order valence-electron chi connectivity index (χ0n) is 12.6. The van der Waals surface area contributed by atoms with Crippen molar-refractivity contribution in [2.24, 2.45) is 0 Å². The van der Waals surface area contributed by atoms with E-state index in [1.54, 1.807) is 7.11 Å². The van der Waals surface area contributed by atoms with Crippen LogP contribution in [-0.4, -0.2) is 30.2 Å². The van der Waals surface area contributed by atoms with E-state index in [1.165, 1.54) is 17.7 Å². The fourth-order valence-electron chi connectivity index (χ4n) is 2.81. The van der Waals surface area contributed by atoms with Crippen molar-refractivity contribution >= 4 is 0 Å². The summed E-state index contributed by atoms with van der Waals surface area (Å²) in [6.07, 6.45) is 2.00. The van der Waals surface area contributed by atoms with Crippen molar-refractivity contribution in [3.05, 3.63) is 53.1 Å². The average molecular weight is 283 g/mol. The van der Waals surface area contributed by atoms with Crippen molar-refractivity contribution in [1.82, 2.24) is 15.3 Å². The molecule has 3 rings (SSSR count). The van der Waals surface area contributed by atoms with Gasteiger partial charge < -0.3 is 10.1 Å². The molecule has 1 fully saturated rings. The minimum atomic E-state index is 0.529. The number of aryl methyl sites for hydroxylation is 1. The number of ether oxygens (including phenoxy) is 1. The summed E-state index contributed by atoms with van der Waals surface area (Å²) in [6.45, 7) is 4.09. The summed E-state index contributed by atoms with van der Waals surface area (Å²) in [5.74, 6) is 2.28. The van der Waals surface area contributed by atoms with Crippen LogP contribution in [0.1, 0.15) is 35.1 Å². The first-order chi connectivity index (χ1) is 10.2. The van der Waals surface area contributed by atoms with Crippen LogP contribution in [0, 0.1) is 6.92 Å². The Kier molecular flexibility index (Phi) is 4.15. The summed E-state index contributed by atoms with van der Waals surface area (Å²) in [6, 6.07) is 10.3. The molecule has 1 aromatic heterocycles. The van der Waals surface area contributed by atoms with E-state index in [2.05, 4.69) is 33.5 Å². The highest BCUT2D eigenvalue weighted by molar-refractivity contribution is 5.30. The van der Waals surface area contributed by atoms with E-state index in [1.807, 2.05) is 19.1 Å². The first kappa shape index (κ1) is 14.0. The van der Waals surface area contributed by atoms with Crippen LogP contribution < -0.4 is 10.1 Å². The number of benzene rings is 1. The molecule has 1 aliphatic rings. The highest BCUT2D eigenvalue weighted by Crippen LogP contribution is 2.22. The fraction of sp³-hybridized carbons (Fsp3) is 0.412. The molecule has 0 saturated carbocycles. The highest BCUT2D eigenvalue weighted by Gasteiger charge is 2.19. The van der Waals surface area contributed by atoms with Gasteiger partial charge in [-0.2, -0.15) is 0 Å². The van der Waals surface area contributed by atoms with Crippen LogP contribution in [0.4, 0.5) is 0 Å². The Balaban J connectivity index is 1.80. The van der Waals surface area contributed by atoms with Gasteiger partial charge in [0.15, 0.2) is 0 Å². The second kappa shape index (κ2) is 6.22. The molecule has 0 amide bonds. The fourth-order valence-corrected chi connectivity index (χ4v) is 2.81. The number of rotatable bonds is 4. The molecule has 1 aromatic carbocycles. The standard InChI is InChI=1S/C17H21N3O/c1-12-19-15(9-13-3-5-16(21-2)6-4-13)10-17(20-12)14-7-8-18-11-14/h3-6,10,14,18H,7-9,11H2,1-2H3/t14-/m0/s1. The number of nitrogens with zero attached hydrogens (tertiary/aromatic N) is 2. The highest BCUT2D eigenvalue weighted by atomic mass is 16.5. The maximum absolute atomic E-state index is 5.19. The molecular weight excluding hydrogens is 262 g/mol. The maximum atomic E-state index is 5.19. The van der Waals surface area contributed by atoms with Gasteiger partial charge in [0.1, 0.15) is 11.6 Å². The summed E-state index contributed by atoms with van der Waals surface area (Å²) in [5.41, 5.74) is 3.51. The summed E-state index contributed by atoms with van der Waals surface area (Å²) in [4.78, 5) is 9.19. The molecule has 2 heterocycles. The van der Waals surface area contributed by atoms with Crippen LogP contribution in [-0.2, 0) is 6.42 Å². The van der Waals surface area contributed by atoms with Crippen molar-refractivity contribution < 1.29 is 4.74 Å². The third kappa shape index (κ3) is 3.39. The molecule has 0 unspecified atom stereocenters. The van der Waals surface area contributed by atoms with Gasteiger partial charge in [-0.1, -0.05) is 12.1 Å². The lowest BCUT2D eigenvalue weighted by Gasteiger charge is -2.11. The van der Waals surface area contributed by atoms with E-state index in [0.717, 1.165) is 36.8 Å². The van der Waals surface area contributed by atoms with Gasteiger partial charge in [-0.05, 0) is 43.7 Å². The number of methoxy groups -OCH3 is 1. The van der Waals surface area contributed by atoms with E-state index in [0.29, 0.717) is 5.92 Å². The molecule has 1 atom stereocenters. The molecular formula is C17H21N3O. The zero-order chi connectivity index (χ0) is 14.7. The van der Waals surface area contributed by atoms with Gasteiger partial charge in [0.25, 0.3) is 0 Å². The topological polar surface area (TPSA) is 47.0 Å². The van der Waals surface area contributed by atoms with E-state index < -0.39 is 0 Å². The molecule has 0 bridgehead atoms. The van der Waals surface area contributed by atoms with E-state index in [-0.39, 0.29) is 0 Å². The Bertz CT molecular complexity index is 604. The van der Waals surface area contributed by atoms with Gasteiger partial charge in [0, 0.05) is 30.3 Å². The summed E-state index contributed by atoms with van der Waals surface area (Å²) < 4.78 is 5.19. The molecule has 0 aliphatic carbocycles. The number of hydrogen-bond acceptors (Lipinski definition) is 4. The Labute approximate surface area is 125 Å². The maximum Gasteiger partial charge on any atom is 0.125 e. The van der Waals surface area contributed by atoms with Crippen LogP contribution in [0.15, 0.2) is 30.3 Å². The molecule has 2 aromatic rings. The van der Waals surface area contributed by atoms with Crippen molar-refractivity contribution in [2.45, 2.75) is 25.7 Å². The lowest BCUT2D eigenvalue weighted by atomic mass is 10.0. The van der Waals surface area contributed by atoms with Crippen molar-refractivity contribution in [3.63, 3.8) is 0 Å².